The number of nitrogens with zero attached hydrogens (tertiary/aromatic N) is 5. The van der Waals surface area contributed by atoms with Crippen LogP contribution in [0.4, 0.5) is 0 Å². The maximum atomic E-state index is 5.93. The molecule has 0 saturated heterocycles. The summed E-state index contributed by atoms with van der Waals surface area (Å²) in [6.45, 7) is 2.06. The van der Waals surface area contributed by atoms with E-state index < -0.39 is 0 Å². The Balaban J connectivity index is 1.96. The number of hydrogen-bond donors (Lipinski definition) is 0. The molecule has 21 heavy (non-hydrogen) atoms. The van der Waals surface area contributed by atoms with E-state index in [0.29, 0.717) is 11.7 Å². The van der Waals surface area contributed by atoms with Gasteiger partial charge in [0.25, 0.3) is 0 Å². The Morgan fingerprint density at radius 2 is 2.05 bits per heavy atom. The van der Waals surface area contributed by atoms with E-state index in [2.05, 4.69) is 26.9 Å². The number of hydrogen-bond acceptors (Lipinski definition) is 5. The van der Waals surface area contributed by atoms with E-state index in [9.17, 15) is 0 Å². The lowest BCUT2D eigenvalue weighted by atomic mass is 10.1. The fraction of sp³-hybridized carbons (Fsp3) is 0.143. The Bertz CT molecular complexity index is 745. The van der Waals surface area contributed by atoms with Gasteiger partial charge in [-0.25, -0.2) is 4.98 Å². The van der Waals surface area contributed by atoms with Crippen LogP contribution < -0.4 is 4.74 Å². The molecule has 1 aromatic carbocycles. The van der Waals surface area contributed by atoms with Gasteiger partial charge in [0.1, 0.15) is 12.1 Å². The number of aryl methyl sites for hydroxylation is 1. The SMILES string of the molecule is CCc1ccccc1Oc1nc(Cl)nc(-n2ccnc2)n1. The zero-order chi connectivity index (χ0) is 14.7. The number of ether oxygens (including phenoxy) is 1. The van der Waals surface area contributed by atoms with Crippen LogP contribution in [-0.2, 0) is 6.42 Å². The van der Waals surface area contributed by atoms with Gasteiger partial charge >= 0.3 is 6.01 Å². The summed E-state index contributed by atoms with van der Waals surface area (Å²) >= 11 is 5.93. The standard InChI is InChI=1S/C14H12ClN5O/c1-2-10-5-3-4-6-11(10)21-14-18-12(15)17-13(19-14)20-8-7-16-9-20/h3-9H,2H2,1H3. The molecule has 0 bridgehead atoms. The first kappa shape index (κ1) is 13.5. The van der Waals surface area contributed by atoms with Gasteiger partial charge in [-0.3, -0.25) is 4.57 Å². The first-order valence-electron chi connectivity index (χ1n) is 6.42. The summed E-state index contributed by atoms with van der Waals surface area (Å²) in [4.78, 5) is 16.2. The average molecular weight is 302 g/mol. The number of imidazole rings is 1. The van der Waals surface area contributed by atoms with Crippen molar-refractivity contribution in [1.29, 1.82) is 0 Å². The van der Waals surface area contributed by atoms with Crippen molar-refractivity contribution in [2.75, 3.05) is 0 Å². The van der Waals surface area contributed by atoms with Gasteiger partial charge in [0.15, 0.2) is 0 Å². The maximum Gasteiger partial charge on any atom is 0.328 e. The Morgan fingerprint density at radius 3 is 2.81 bits per heavy atom. The van der Waals surface area contributed by atoms with Crippen molar-refractivity contribution in [3.63, 3.8) is 0 Å². The highest BCUT2D eigenvalue weighted by Gasteiger charge is 2.10. The van der Waals surface area contributed by atoms with E-state index in [1.54, 1.807) is 23.3 Å². The topological polar surface area (TPSA) is 65.7 Å². The summed E-state index contributed by atoms with van der Waals surface area (Å²) < 4.78 is 7.37. The van der Waals surface area contributed by atoms with Crippen LogP contribution in [0.2, 0.25) is 5.28 Å². The smallest absolute Gasteiger partial charge is 0.328 e. The fourth-order valence-electron chi connectivity index (χ4n) is 1.85. The maximum absolute atomic E-state index is 5.93. The second-order valence-corrected chi connectivity index (χ2v) is 4.56. The highest BCUT2D eigenvalue weighted by molar-refractivity contribution is 6.28. The molecule has 106 valence electrons. The van der Waals surface area contributed by atoms with Crippen LogP contribution in [0.25, 0.3) is 5.95 Å². The Kier molecular flexibility index (Phi) is 3.79. The molecule has 0 spiro atoms. The summed E-state index contributed by atoms with van der Waals surface area (Å²) in [5.41, 5.74) is 1.07. The van der Waals surface area contributed by atoms with Crippen molar-refractivity contribution >= 4 is 11.6 Å². The molecule has 7 heteroatoms. The summed E-state index contributed by atoms with van der Waals surface area (Å²) in [7, 11) is 0. The van der Waals surface area contributed by atoms with E-state index in [4.69, 9.17) is 16.3 Å². The molecule has 6 nitrogen and oxygen atoms in total. The number of benzene rings is 1. The zero-order valence-electron chi connectivity index (χ0n) is 11.3. The minimum Gasteiger partial charge on any atom is -0.424 e. The molecule has 0 saturated carbocycles. The molecule has 0 fully saturated rings. The molecule has 3 aromatic rings. The van der Waals surface area contributed by atoms with Crippen LogP contribution in [0.5, 0.6) is 11.8 Å². The molecule has 3 rings (SSSR count). The number of para-hydroxylation sites is 1. The third-order valence-electron chi connectivity index (χ3n) is 2.87. The van der Waals surface area contributed by atoms with Crippen molar-refractivity contribution in [2.45, 2.75) is 13.3 Å². The normalized spacial score (nSPS) is 10.6. The lowest BCUT2D eigenvalue weighted by Gasteiger charge is -2.09. The van der Waals surface area contributed by atoms with Crippen molar-refractivity contribution in [3.8, 4) is 17.7 Å². The summed E-state index contributed by atoms with van der Waals surface area (Å²) in [6.07, 6.45) is 5.78. The number of halogens is 1. The quantitative estimate of drug-likeness (QED) is 0.741. The largest absolute Gasteiger partial charge is 0.424 e. The molecule has 0 amide bonds. The molecule has 0 aliphatic heterocycles. The predicted molar refractivity (Wildman–Crippen MR) is 77.9 cm³/mol. The van der Waals surface area contributed by atoms with Gasteiger partial charge in [-0.2, -0.15) is 15.0 Å². The molecular formula is C14H12ClN5O. The van der Waals surface area contributed by atoms with Gasteiger partial charge < -0.3 is 4.74 Å². The second kappa shape index (κ2) is 5.88. The Hall–Kier alpha value is -2.47. The number of aromatic nitrogens is 5. The minimum atomic E-state index is 0.0673. The van der Waals surface area contributed by atoms with Crippen molar-refractivity contribution in [1.82, 2.24) is 24.5 Å². The summed E-state index contributed by atoms with van der Waals surface area (Å²) in [5.74, 6) is 1.07. The van der Waals surface area contributed by atoms with E-state index in [1.165, 1.54) is 0 Å². The lowest BCUT2D eigenvalue weighted by molar-refractivity contribution is 0.433. The van der Waals surface area contributed by atoms with Crippen molar-refractivity contribution in [2.24, 2.45) is 0 Å². The zero-order valence-corrected chi connectivity index (χ0v) is 12.0. The third-order valence-corrected chi connectivity index (χ3v) is 3.03. The van der Waals surface area contributed by atoms with Gasteiger partial charge in [0.2, 0.25) is 11.2 Å². The lowest BCUT2D eigenvalue weighted by Crippen LogP contribution is -2.03. The molecule has 0 unspecified atom stereocenters. The van der Waals surface area contributed by atoms with Crippen LogP contribution in [0.1, 0.15) is 12.5 Å². The molecule has 0 aliphatic rings. The van der Waals surface area contributed by atoms with E-state index in [-0.39, 0.29) is 11.3 Å². The van der Waals surface area contributed by atoms with Gasteiger partial charge in [-0.1, -0.05) is 25.1 Å². The first-order valence-corrected chi connectivity index (χ1v) is 6.79. The van der Waals surface area contributed by atoms with Gasteiger partial charge in [-0.05, 0) is 29.7 Å². The number of rotatable bonds is 4. The van der Waals surface area contributed by atoms with Crippen molar-refractivity contribution < 1.29 is 4.74 Å². The molecule has 0 aliphatic carbocycles. The third kappa shape index (κ3) is 3.00. The molecule has 2 heterocycles. The molecule has 0 radical (unpaired) electrons. The highest BCUT2D eigenvalue weighted by Crippen LogP contribution is 2.24. The summed E-state index contributed by atoms with van der Waals surface area (Å²) in [6, 6.07) is 7.87. The van der Waals surface area contributed by atoms with Crippen LogP contribution >= 0.6 is 11.6 Å². The first-order chi connectivity index (χ1) is 10.3. The van der Waals surface area contributed by atoms with Gasteiger partial charge in [0.05, 0.1) is 0 Å². The summed E-state index contributed by atoms with van der Waals surface area (Å²) in [5, 5.41) is 0.0673. The Labute approximate surface area is 126 Å². The highest BCUT2D eigenvalue weighted by atomic mass is 35.5. The average Bonchev–Trinajstić information content (AvgIpc) is 3.01. The Morgan fingerprint density at radius 1 is 1.19 bits per heavy atom. The monoisotopic (exact) mass is 301 g/mol. The van der Waals surface area contributed by atoms with Crippen LogP contribution in [0.15, 0.2) is 43.0 Å². The minimum absolute atomic E-state index is 0.0673. The van der Waals surface area contributed by atoms with Crippen LogP contribution in [0, 0.1) is 0 Å². The molecule has 2 aromatic heterocycles. The van der Waals surface area contributed by atoms with E-state index in [0.717, 1.165) is 12.0 Å². The molecule has 0 atom stereocenters. The fourth-order valence-corrected chi connectivity index (χ4v) is 2.00. The second-order valence-electron chi connectivity index (χ2n) is 4.22. The molecular weight excluding hydrogens is 290 g/mol. The van der Waals surface area contributed by atoms with Crippen LogP contribution in [-0.4, -0.2) is 24.5 Å². The molecule has 0 N–H and O–H groups in total. The van der Waals surface area contributed by atoms with E-state index >= 15 is 0 Å². The van der Waals surface area contributed by atoms with Crippen molar-refractivity contribution in [3.05, 3.63) is 53.8 Å². The van der Waals surface area contributed by atoms with Gasteiger partial charge in [-0.15, -0.1) is 0 Å². The van der Waals surface area contributed by atoms with Crippen LogP contribution in [0.3, 0.4) is 0 Å². The van der Waals surface area contributed by atoms with Gasteiger partial charge in [0, 0.05) is 12.4 Å². The predicted octanol–water partition coefficient (Wildman–Crippen LogP) is 3.07. The van der Waals surface area contributed by atoms with E-state index in [1.807, 2.05) is 24.3 Å².